The molecule has 0 bridgehead atoms. The first-order valence-corrected chi connectivity index (χ1v) is 6.66. The number of ether oxygens (including phenoxy) is 1. The molecule has 1 aromatic heterocycles. The van der Waals surface area contributed by atoms with Gasteiger partial charge in [0.2, 0.25) is 5.88 Å². The fourth-order valence-electron chi connectivity index (χ4n) is 2.04. The van der Waals surface area contributed by atoms with E-state index in [0.717, 1.165) is 22.1 Å². The molecule has 1 heterocycles. The Morgan fingerprint density at radius 2 is 1.90 bits per heavy atom. The average Bonchev–Trinajstić information content (AvgIpc) is 2.49. The molecule has 3 rings (SSSR count). The van der Waals surface area contributed by atoms with Gasteiger partial charge in [0.1, 0.15) is 10.8 Å². The highest BCUT2D eigenvalue weighted by Crippen LogP contribution is 2.32. The van der Waals surface area contributed by atoms with E-state index in [2.05, 4.69) is 4.98 Å². The molecule has 2 N–H and O–H groups in total. The van der Waals surface area contributed by atoms with Crippen LogP contribution in [0.1, 0.15) is 5.56 Å². The van der Waals surface area contributed by atoms with Crippen LogP contribution in [0.25, 0.3) is 10.8 Å². The summed E-state index contributed by atoms with van der Waals surface area (Å²) in [6.45, 7) is 0.404. The van der Waals surface area contributed by atoms with E-state index in [1.165, 1.54) is 0 Å². The first-order chi connectivity index (χ1) is 9.78. The van der Waals surface area contributed by atoms with Crippen molar-refractivity contribution in [2.75, 3.05) is 0 Å². The van der Waals surface area contributed by atoms with Crippen LogP contribution < -0.4 is 10.5 Å². The Morgan fingerprint density at radius 1 is 1.10 bits per heavy atom. The molecular weight excluding hydrogens is 272 g/mol. The van der Waals surface area contributed by atoms with Gasteiger partial charge in [-0.3, -0.25) is 0 Å². The summed E-state index contributed by atoms with van der Waals surface area (Å²) in [5.41, 5.74) is 6.43. The third-order valence-corrected chi connectivity index (χ3v) is 3.33. The number of hydrogen-bond donors (Lipinski definition) is 1. The number of nitrogens with two attached hydrogens (primary N) is 1. The lowest BCUT2D eigenvalue weighted by atomic mass is 10.1. The van der Waals surface area contributed by atoms with E-state index in [1.807, 2.05) is 42.5 Å². The molecule has 0 atom stereocenters. The summed E-state index contributed by atoms with van der Waals surface area (Å²) in [7, 11) is 0. The van der Waals surface area contributed by atoms with Crippen molar-refractivity contribution in [3.63, 3.8) is 0 Å². The van der Waals surface area contributed by atoms with E-state index < -0.39 is 0 Å². The fraction of sp³-hybridized carbons (Fsp3) is 0.0625. The first kappa shape index (κ1) is 12.9. The minimum Gasteiger partial charge on any atom is -0.437 e. The molecule has 0 aliphatic carbocycles. The van der Waals surface area contributed by atoms with Crippen molar-refractivity contribution in [1.29, 1.82) is 0 Å². The van der Waals surface area contributed by atoms with Crippen molar-refractivity contribution in [3.05, 3.63) is 65.3 Å². The van der Waals surface area contributed by atoms with Crippen molar-refractivity contribution in [2.24, 2.45) is 5.73 Å². The zero-order valence-electron chi connectivity index (χ0n) is 10.7. The molecule has 0 saturated heterocycles. The Morgan fingerprint density at radius 3 is 2.70 bits per heavy atom. The van der Waals surface area contributed by atoms with Gasteiger partial charge in [-0.1, -0.05) is 48.0 Å². The number of nitrogens with zero attached hydrogens (tertiary/aromatic N) is 1. The van der Waals surface area contributed by atoms with Gasteiger partial charge in [0.05, 0.1) is 0 Å². The molecule has 0 radical (unpaired) electrons. The quantitative estimate of drug-likeness (QED) is 0.786. The van der Waals surface area contributed by atoms with E-state index in [1.54, 1.807) is 12.3 Å². The molecule has 3 nitrogen and oxygen atoms in total. The van der Waals surface area contributed by atoms with Crippen molar-refractivity contribution in [2.45, 2.75) is 6.54 Å². The highest BCUT2D eigenvalue weighted by molar-refractivity contribution is 6.31. The number of halogens is 1. The Kier molecular flexibility index (Phi) is 3.54. The van der Waals surface area contributed by atoms with Gasteiger partial charge < -0.3 is 10.5 Å². The molecule has 20 heavy (non-hydrogen) atoms. The predicted molar refractivity (Wildman–Crippen MR) is 81.2 cm³/mol. The Labute approximate surface area is 122 Å². The van der Waals surface area contributed by atoms with Crippen LogP contribution in [0.15, 0.2) is 54.7 Å². The molecule has 100 valence electrons. The summed E-state index contributed by atoms with van der Waals surface area (Å²) in [6, 6.07) is 15.7. The number of pyridine rings is 1. The van der Waals surface area contributed by atoms with Gasteiger partial charge >= 0.3 is 0 Å². The summed E-state index contributed by atoms with van der Waals surface area (Å²) in [5.74, 6) is 1.12. The van der Waals surface area contributed by atoms with Gasteiger partial charge in [-0.25, -0.2) is 4.98 Å². The molecule has 0 aliphatic heterocycles. The van der Waals surface area contributed by atoms with Crippen LogP contribution in [0, 0.1) is 0 Å². The zero-order chi connectivity index (χ0) is 13.9. The maximum Gasteiger partial charge on any atom is 0.238 e. The number of fused-ring (bicyclic) bond motifs is 1. The molecule has 2 aromatic carbocycles. The molecule has 0 spiro atoms. The number of aromatic nitrogens is 1. The van der Waals surface area contributed by atoms with Crippen LogP contribution in [0.2, 0.25) is 5.02 Å². The maximum absolute atomic E-state index is 6.17. The number of benzene rings is 2. The lowest BCUT2D eigenvalue weighted by Crippen LogP contribution is -1.98. The first-order valence-electron chi connectivity index (χ1n) is 6.28. The summed E-state index contributed by atoms with van der Waals surface area (Å²) in [5, 5.41) is 2.59. The monoisotopic (exact) mass is 284 g/mol. The summed E-state index contributed by atoms with van der Waals surface area (Å²) >= 11 is 6.17. The zero-order valence-corrected chi connectivity index (χ0v) is 11.5. The van der Waals surface area contributed by atoms with E-state index in [-0.39, 0.29) is 0 Å². The number of rotatable bonds is 3. The van der Waals surface area contributed by atoms with Gasteiger partial charge in [0.25, 0.3) is 0 Å². The van der Waals surface area contributed by atoms with Crippen LogP contribution >= 0.6 is 11.6 Å². The average molecular weight is 285 g/mol. The third-order valence-electron chi connectivity index (χ3n) is 3.06. The van der Waals surface area contributed by atoms with Gasteiger partial charge in [-0.05, 0) is 23.1 Å². The van der Waals surface area contributed by atoms with Crippen molar-refractivity contribution in [3.8, 4) is 11.6 Å². The van der Waals surface area contributed by atoms with Gasteiger partial charge in [0, 0.05) is 18.1 Å². The van der Waals surface area contributed by atoms with Crippen LogP contribution in [0.4, 0.5) is 0 Å². The van der Waals surface area contributed by atoms with Crippen LogP contribution in [0.5, 0.6) is 11.6 Å². The Hall–Kier alpha value is -2.10. The number of hydrogen-bond acceptors (Lipinski definition) is 3. The second kappa shape index (κ2) is 5.49. The molecule has 3 aromatic rings. The molecule has 0 fully saturated rings. The third kappa shape index (κ3) is 2.46. The molecule has 0 unspecified atom stereocenters. The lowest BCUT2D eigenvalue weighted by Gasteiger charge is -2.10. The minimum absolute atomic E-state index is 0.389. The van der Waals surface area contributed by atoms with E-state index in [4.69, 9.17) is 22.1 Å². The smallest absolute Gasteiger partial charge is 0.238 e. The fourth-order valence-corrected chi connectivity index (χ4v) is 2.27. The molecule has 0 saturated carbocycles. The largest absolute Gasteiger partial charge is 0.437 e. The SMILES string of the molecule is NCc1cnc(Oc2cccc3ccccc23)c(Cl)c1. The lowest BCUT2D eigenvalue weighted by molar-refractivity contribution is 0.468. The summed E-state index contributed by atoms with van der Waals surface area (Å²) in [4.78, 5) is 4.22. The maximum atomic E-state index is 6.17. The second-order valence-corrected chi connectivity index (χ2v) is 4.82. The minimum atomic E-state index is 0.389. The summed E-state index contributed by atoms with van der Waals surface area (Å²) < 4.78 is 5.84. The standard InChI is InChI=1S/C16H13ClN2O/c17-14-8-11(9-18)10-19-16(14)20-15-7-3-5-12-4-1-2-6-13(12)15/h1-8,10H,9,18H2. The van der Waals surface area contributed by atoms with Crippen molar-refractivity contribution >= 4 is 22.4 Å². The Balaban J connectivity index is 2.01. The molecular formula is C16H13ClN2O. The molecule has 0 aliphatic rings. The van der Waals surface area contributed by atoms with Gasteiger partial charge in [0.15, 0.2) is 0 Å². The van der Waals surface area contributed by atoms with Crippen molar-refractivity contribution < 1.29 is 4.74 Å². The van der Waals surface area contributed by atoms with Crippen LogP contribution in [-0.4, -0.2) is 4.98 Å². The predicted octanol–water partition coefficient (Wildman–Crippen LogP) is 4.14. The van der Waals surface area contributed by atoms with Gasteiger partial charge in [-0.15, -0.1) is 0 Å². The van der Waals surface area contributed by atoms with E-state index >= 15 is 0 Å². The molecule has 4 heteroatoms. The topological polar surface area (TPSA) is 48.1 Å². The highest BCUT2D eigenvalue weighted by Gasteiger charge is 2.08. The molecule has 0 amide bonds. The van der Waals surface area contributed by atoms with E-state index in [9.17, 15) is 0 Å². The summed E-state index contributed by atoms with van der Waals surface area (Å²) in [6.07, 6.45) is 1.67. The normalized spacial score (nSPS) is 10.7. The Bertz CT molecular complexity index is 753. The second-order valence-electron chi connectivity index (χ2n) is 4.41. The van der Waals surface area contributed by atoms with Crippen molar-refractivity contribution in [1.82, 2.24) is 4.98 Å². The van der Waals surface area contributed by atoms with Crippen LogP contribution in [-0.2, 0) is 6.54 Å². The van der Waals surface area contributed by atoms with Gasteiger partial charge in [-0.2, -0.15) is 0 Å². The van der Waals surface area contributed by atoms with E-state index in [0.29, 0.717) is 17.4 Å². The van der Waals surface area contributed by atoms with Crippen LogP contribution in [0.3, 0.4) is 0 Å². The highest BCUT2D eigenvalue weighted by atomic mass is 35.5.